The van der Waals surface area contributed by atoms with Crippen LogP contribution in [0, 0.1) is 10.7 Å². The molecule has 1 saturated carbocycles. The van der Waals surface area contributed by atoms with Crippen LogP contribution in [0.1, 0.15) is 55.7 Å². The molecule has 0 radical (unpaired) electrons. The van der Waals surface area contributed by atoms with Crippen LogP contribution in [0.15, 0.2) is 33.9 Å². The Bertz CT molecular complexity index is 1070. The average molecular weight is 478 g/mol. The number of anilines is 1. The van der Waals surface area contributed by atoms with Crippen molar-refractivity contribution in [1.82, 2.24) is 4.72 Å². The molecule has 9 heteroatoms. The topological polar surface area (TPSA) is 112 Å². The number of amides is 2. The van der Waals surface area contributed by atoms with Gasteiger partial charge in [0, 0.05) is 10.6 Å². The number of aliphatic hydroxyl groups is 1. The maximum Gasteiger partial charge on any atom is 0.331 e. The number of urea groups is 1. The van der Waals surface area contributed by atoms with E-state index in [0.29, 0.717) is 16.7 Å². The first kappa shape index (κ1) is 23.4. The zero-order valence-corrected chi connectivity index (χ0v) is 20.2. The third kappa shape index (κ3) is 4.62. The summed E-state index contributed by atoms with van der Waals surface area (Å²) in [4.78, 5) is 13.4. The number of hydrogen-bond acceptors (Lipinski definition) is 6. The minimum atomic E-state index is -3.67. The lowest BCUT2D eigenvalue weighted by molar-refractivity contribution is -0.149. The van der Waals surface area contributed by atoms with E-state index in [0.717, 1.165) is 47.8 Å². The summed E-state index contributed by atoms with van der Waals surface area (Å²) in [6.07, 6.45) is 7.03. The molecule has 1 saturated heterocycles. The quantitative estimate of drug-likeness (QED) is 0.436. The van der Waals surface area contributed by atoms with Crippen LogP contribution in [0.5, 0.6) is 0 Å². The number of hydrogen-bond donors (Lipinski definition) is 4. The summed E-state index contributed by atoms with van der Waals surface area (Å²) in [5, 5.41) is 13.4. The van der Waals surface area contributed by atoms with Gasteiger partial charge >= 0.3 is 6.03 Å². The zero-order valence-electron chi connectivity index (χ0n) is 18.5. The van der Waals surface area contributed by atoms with E-state index in [1.54, 1.807) is 13.0 Å². The Balaban J connectivity index is 1.48. The molecule has 2 atom stereocenters. The van der Waals surface area contributed by atoms with Crippen LogP contribution in [-0.2, 0) is 27.5 Å². The number of thioether (sulfide) groups is 1. The Morgan fingerprint density at radius 2 is 2.12 bits per heavy atom. The zero-order chi connectivity index (χ0) is 23.1. The van der Waals surface area contributed by atoms with E-state index in [1.807, 2.05) is 0 Å². The van der Waals surface area contributed by atoms with E-state index in [-0.39, 0.29) is 17.5 Å². The van der Waals surface area contributed by atoms with Gasteiger partial charge in [-0.3, -0.25) is 0 Å². The molecule has 0 aromatic heterocycles. The number of allylic oxidation sites excluding steroid dienone is 1. The van der Waals surface area contributed by atoms with Gasteiger partial charge in [0.25, 0.3) is 0 Å². The smallest absolute Gasteiger partial charge is 0.331 e. The molecule has 0 spiro atoms. The number of nitrogens with one attached hydrogen (secondary N) is 3. The van der Waals surface area contributed by atoms with Crippen molar-refractivity contribution < 1.29 is 18.8 Å². The second-order valence-corrected chi connectivity index (χ2v) is 12.1. The van der Waals surface area contributed by atoms with Crippen LogP contribution in [-0.4, -0.2) is 34.2 Å². The first-order valence-corrected chi connectivity index (χ1v) is 13.4. The van der Waals surface area contributed by atoms with Crippen molar-refractivity contribution in [2.45, 2.75) is 57.5 Å². The molecule has 4 rings (SSSR count). The van der Waals surface area contributed by atoms with E-state index in [2.05, 4.69) is 35.7 Å². The molecule has 1 heterocycles. The predicted molar refractivity (Wildman–Crippen MR) is 129 cm³/mol. The van der Waals surface area contributed by atoms with Gasteiger partial charge in [0.2, 0.25) is 0 Å². The Morgan fingerprint density at radius 3 is 2.72 bits per heavy atom. The number of aryl methyl sites for hydroxylation is 1. The number of rotatable bonds is 8. The normalized spacial score (nSPS) is 22.3. The van der Waals surface area contributed by atoms with E-state index in [1.165, 1.54) is 18.4 Å². The van der Waals surface area contributed by atoms with E-state index in [4.69, 9.17) is 9.52 Å². The van der Waals surface area contributed by atoms with Crippen LogP contribution in [0.25, 0.3) is 0 Å². The molecular formula is C23H31N3O4S2. The summed E-state index contributed by atoms with van der Waals surface area (Å²) < 4.78 is 28.6. The number of fused-ring (bicyclic) bond motifs is 1. The van der Waals surface area contributed by atoms with Gasteiger partial charge < -0.3 is 15.2 Å². The van der Waals surface area contributed by atoms with Crippen molar-refractivity contribution >= 4 is 33.4 Å². The highest BCUT2D eigenvalue weighted by atomic mass is 32.3. The summed E-state index contributed by atoms with van der Waals surface area (Å²) in [5.74, 6) is 0.972. The van der Waals surface area contributed by atoms with Gasteiger partial charge in [0.05, 0.1) is 17.5 Å². The molecule has 174 valence electrons. The van der Waals surface area contributed by atoms with Gasteiger partial charge in [0.15, 0.2) is 9.92 Å². The fraction of sp³-hybridized carbons (Fsp3) is 0.522. The van der Waals surface area contributed by atoms with E-state index in [9.17, 15) is 14.1 Å². The van der Waals surface area contributed by atoms with Crippen molar-refractivity contribution in [2.24, 2.45) is 5.92 Å². The molecule has 32 heavy (non-hydrogen) atoms. The molecule has 1 aromatic rings. The number of benzene rings is 1. The van der Waals surface area contributed by atoms with Crippen LogP contribution < -0.4 is 10.0 Å². The van der Waals surface area contributed by atoms with Crippen LogP contribution >= 0.6 is 11.8 Å². The monoisotopic (exact) mass is 477 g/mol. The first-order chi connectivity index (χ1) is 15.1. The van der Waals surface area contributed by atoms with Crippen molar-refractivity contribution in [3.8, 4) is 0 Å². The fourth-order valence-corrected chi connectivity index (χ4v) is 6.39. The Labute approximate surface area is 194 Å². The van der Waals surface area contributed by atoms with Crippen molar-refractivity contribution in [3.63, 3.8) is 0 Å². The lowest BCUT2D eigenvalue weighted by Gasteiger charge is -2.38. The summed E-state index contributed by atoms with van der Waals surface area (Å²) in [6.45, 7) is 7.96. The Kier molecular flexibility index (Phi) is 6.46. The Morgan fingerprint density at radius 1 is 1.41 bits per heavy atom. The predicted octanol–water partition coefficient (Wildman–Crippen LogP) is 4.64. The molecule has 1 unspecified atom stereocenters. The van der Waals surface area contributed by atoms with Crippen molar-refractivity contribution in [2.75, 3.05) is 18.5 Å². The summed E-state index contributed by atoms with van der Waals surface area (Å²) in [6, 6.07) is 3.60. The van der Waals surface area contributed by atoms with E-state index < -0.39 is 21.5 Å². The summed E-state index contributed by atoms with van der Waals surface area (Å²) >= 11 is 0.954. The van der Waals surface area contributed by atoms with Gasteiger partial charge in [-0.2, -0.15) is 0 Å². The summed E-state index contributed by atoms with van der Waals surface area (Å²) in [5.41, 5.74) is 3.15. The minimum Gasteiger partial charge on any atom is -0.380 e. The lowest BCUT2D eigenvalue weighted by Crippen LogP contribution is -2.50. The highest BCUT2D eigenvalue weighted by molar-refractivity contribution is 8.20. The van der Waals surface area contributed by atoms with Crippen molar-refractivity contribution in [3.05, 3.63) is 50.6 Å². The summed E-state index contributed by atoms with van der Waals surface area (Å²) in [7, 11) is -3.67. The molecule has 2 amide bonds. The van der Waals surface area contributed by atoms with Gasteiger partial charge in [-0.1, -0.05) is 43.5 Å². The molecule has 3 aliphatic rings. The van der Waals surface area contributed by atoms with Gasteiger partial charge in [0.1, 0.15) is 5.60 Å². The van der Waals surface area contributed by atoms with Crippen LogP contribution in [0.4, 0.5) is 10.5 Å². The number of ether oxygens (including phenoxy) is 1. The largest absolute Gasteiger partial charge is 0.380 e. The lowest BCUT2D eigenvalue weighted by atomic mass is 9.91. The van der Waals surface area contributed by atoms with Crippen molar-refractivity contribution in [1.29, 1.82) is 4.78 Å². The molecule has 0 bridgehead atoms. The molecule has 4 N–H and O–H groups in total. The molecule has 1 aromatic carbocycles. The fourth-order valence-electron chi connectivity index (χ4n) is 4.43. The van der Waals surface area contributed by atoms with Crippen LogP contribution in [0.2, 0.25) is 0 Å². The minimum absolute atomic E-state index is 0.0362. The second-order valence-electron chi connectivity index (χ2n) is 8.91. The maximum absolute atomic E-state index is 13.0. The molecule has 2 aliphatic carbocycles. The van der Waals surface area contributed by atoms with E-state index >= 15 is 0 Å². The highest BCUT2D eigenvalue weighted by Crippen LogP contribution is 2.46. The average Bonchev–Trinajstić information content (AvgIpc) is 3.46. The standard InChI is InChI=1S/C23H31N3O4S2/c1-4-20(23(28)12-30-13-23)31-15(3)32(24,29)26-22(27)25-21-18(14(2)16-8-9-16)11-10-17-6-5-7-19(17)21/h4,10-11,14,16,28H,3,5-9,12-13H2,1-2H3,(H3,24,25,26,27,29)/b20-4-/t14-,32?/m1/s1. The third-order valence-corrected chi connectivity index (χ3v) is 9.69. The number of carbonyl (C=O) groups excluding carboxylic acids is 1. The first-order valence-electron chi connectivity index (χ1n) is 11.0. The van der Waals surface area contributed by atoms with Crippen LogP contribution in [0.3, 0.4) is 0 Å². The van der Waals surface area contributed by atoms with Gasteiger partial charge in [-0.25, -0.2) is 18.5 Å². The Hall–Kier alpha value is -1.81. The third-order valence-electron chi connectivity index (χ3n) is 6.56. The molecule has 7 nitrogen and oxygen atoms in total. The molecular weight excluding hydrogens is 446 g/mol. The maximum atomic E-state index is 13.0. The molecule has 1 aliphatic heterocycles. The van der Waals surface area contributed by atoms with Gasteiger partial charge in [-0.05, 0) is 67.6 Å². The van der Waals surface area contributed by atoms with Gasteiger partial charge in [-0.15, -0.1) is 0 Å². The number of carbonyl (C=O) groups is 1. The molecule has 2 fully saturated rings. The SMILES string of the molecule is C=C(S/C(=C\C)C1(O)COC1)S(=N)(=O)NC(=O)Nc1c([C@H](C)C2CC2)ccc2c1CCC2. The highest BCUT2D eigenvalue weighted by Gasteiger charge is 2.41. The second kappa shape index (κ2) is 8.85.